The third-order valence-electron chi connectivity index (χ3n) is 4.01. The summed E-state index contributed by atoms with van der Waals surface area (Å²) < 4.78 is 4.70. The molecule has 1 saturated carbocycles. The van der Waals surface area contributed by atoms with E-state index in [1.54, 1.807) is 0 Å². The molecule has 1 aromatic rings. The molecule has 1 aromatic heterocycles. The Labute approximate surface area is 129 Å². The fourth-order valence-electron chi connectivity index (χ4n) is 2.71. The lowest BCUT2D eigenvalue weighted by Gasteiger charge is -2.31. The molecule has 1 N–H and O–H groups in total. The first kappa shape index (κ1) is 14.6. The van der Waals surface area contributed by atoms with Gasteiger partial charge in [0.05, 0.1) is 6.67 Å². The van der Waals surface area contributed by atoms with Crippen LogP contribution in [0.2, 0.25) is 0 Å². The second kappa shape index (κ2) is 6.17. The van der Waals surface area contributed by atoms with Crippen LogP contribution < -0.4 is 0 Å². The quantitative estimate of drug-likeness (QED) is 0.843. The summed E-state index contributed by atoms with van der Waals surface area (Å²) in [6.45, 7) is 5.17. The summed E-state index contributed by atoms with van der Waals surface area (Å²) >= 11 is 7.61. The van der Waals surface area contributed by atoms with Gasteiger partial charge in [0.25, 0.3) is 0 Å². The Hall–Kier alpha value is -0.370. The molecule has 2 heterocycles. The van der Waals surface area contributed by atoms with Crippen molar-refractivity contribution in [3.63, 3.8) is 0 Å². The molecule has 1 unspecified atom stereocenters. The van der Waals surface area contributed by atoms with E-state index >= 15 is 0 Å². The predicted molar refractivity (Wildman–Crippen MR) is 83.4 cm³/mol. The number of nitrogens with zero attached hydrogens (tertiary/aromatic N) is 4. The summed E-state index contributed by atoms with van der Waals surface area (Å²) in [5, 5.41) is 14.7. The Balaban J connectivity index is 1.75. The third-order valence-corrected chi connectivity index (χ3v) is 5.79. The largest absolute Gasteiger partial charge is 0.388 e. The summed E-state index contributed by atoms with van der Waals surface area (Å²) in [4.78, 5) is 2.42. The van der Waals surface area contributed by atoms with Crippen molar-refractivity contribution in [1.82, 2.24) is 19.2 Å². The Morgan fingerprint density at radius 1 is 1.45 bits per heavy atom. The fraction of sp³-hybridized carbons (Fsp3) is 0.846. The molecule has 5 nitrogen and oxygen atoms in total. The highest BCUT2D eigenvalue weighted by atomic mass is 32.2. The van der Waals surface area contributed by atoms with Crippen molar-refractivity contribution in [2.24, 2.45) is 0 Å². The first-order chi connectivity index (χ1) is 9.72. The maximum Gasteiger partial charge on any atom is 0.199 e. The molecular formula is C13H22N4OS2. The van der Waals surface area contributed by atoms with Crippen LogP contribution in [-0.2, 0) is 13.3 Å². The number of aliphatic hydroxyl groups excluding tert-OH is 1. The molecule has 20 heavy (non-hydrogen) atoms. The molecule has 1 saturated heterocycles. The Bertz CT molecular complexity index is 523. The Morgan fingerprint density at radius 3 is 2.90 bits per heavy atom. The average molecular weight is 314 g/mol. The molecule has 112 valence electrons. The molecule has 0 bridgehead atoms. The van der Waals surface area contributed by atoms with Crippen molar-refractivity contribution in [3.8, 4) is 0 Å². The van der Waals surface area contributed by atoms with Crippen LogP contribution in [0.4, 0.5) is 0 Å². The summed E-state index contributed by atoms with van der Waals surface area (Å²) in [6, 6.07) is 0.471. The van der Waals surface area contributed by atoms with Gasteiger partial charge in [-0.25, -0.2) is 4.68 Å². The van der Waals surface area contributed by atoms with Gasteiger partial charge < -0.3 is 5.11 Å². The molecule has 0 spiro atoms. The smallest absolute Gasteiger partial charge is 0.199 e. The van der Waals surface area contributed by atoms with E-state index in [9.17, 15) is 5.11 Å². The van der Waals surface area contributed by atoms with E-state index in [1.807, 2.05) is 9.25 Å². The predicted octanol–water partition coefficient (Wildman–Crippen LogP) is 2.03. The maximum absolute atomic E-state index is 9.46. The number of hydrogen-bond donors (Lipinski definition) is 1. The highest BCUT2D eigenvalue weighted by molar-refractivity contribution is 8.00. The van der Waals surface area contributed by atoms with Gasteiger partial charge in [0, 0.05) is 30.1 Å². The summed E-state index contributed by atoms with van der Waals surface area (Å²) in [5.41, 5.74) is 0. The first-order valence-corrected chi connectivity index (χ1v) is 8.81. The van der Waals surface area contributed by atoms with Crippen molar-refractivity contribution in [3.05, 3.63) is 10.6 Å². The Morgan fingerprint density at radius 2 is 2.25 bits per heavy atom. The van der Waals surface area contributed by atoms with Crippen LogP contribution in [0, 0.1) is 4.77 Å². The van der Waals surface area contributed by atoms with E-state index in [-0.39, 0.29) is 6.61 Å². The van der Waals surface area contributed by atoms with Gasteiger partial charge in [-0.2, -0.15) is 16.9 Å². The minimum Gasteiger partial charge on any atom is -0.388 e. The van der Waals surface area contributed by atoms with Gasteiger partial charge >= 0.3 is 0 Å². The van der Waals surface area contributed by atoms with E-state index in [1.165, 1.54) is 12.2 Å². The van der Waals surface area contributed by atoms with Gasteiger partial charge in [-0.15, -0.1) is 0 Å². The summed E-state index contributed by atoms with van der Waals surface area (Å²) in [7, 11) is 0. The minimum atomic E-state index is -0.0272. The van der Waals surface area contributed by atoms with E-state index in [4.69, 9.17) is 12.2 Å². The van der Waals surface area contributed by atoms with E-state index in [0.717, 1.165) is 48.4 Å². The van der Waals surface area contributed by atoms with Gasteiger partial charge in [-0.05, 0) is 31.5 Å². The summed E-state index contributed by atoms with van der Waals surface area (Å²) in [5.74, 6) is 1.90. The van der Waals surface area contributed by atoms with Crippen LogP contribution in [0.1, 0.15) is 38.1 Å². The minimum absolute atomic E-state index is 0.0272. The van der Waals surface area contributed by atoms with Gasteiger partial charge in [-0.3, -0.25) is 9.47 Å². The highest BCUT2D eigenvalue weighted by Crippen LogP contribution is 2.36. The monoisotopic (exact) mass is 314 g/mol. The van der Waals surface area contributed by atoms with E-state index in [0.29, 0.717) is 6.04 Å². The molecule has 7 heteroatoms. The van der Waals surface area contributed by atoms with Crippen LogP contribution in [0.5, 0.6) is 0 Å². The van der Waals surface area contributed by atoms with Gasteiger partial charge in [0.15, 0.2) is 10.6 Å². The topological polar surface area (TPSA) is 46.2 Å². The molecule has 1 atom stereocenters. The Kier molecular flexibility index (Phi) is 4.49. The SMILES string of the molecule is CCC1CN(Cn2nc(CO)n(C3CC3)c2=S)CCS1. The van der Waals surface area contributed by atoms with Crippen LogP contribution >= 0.6 is 24.0 Å². The second-order valence-corrected chi connectivity index (χ2v) is 7.35. The molecule has 2 fully saturated rings. The van der Waals surface area contributed by atoms with E-state index in [2.05, 4.69) is 28.7 Å². The molecule has 0 amide bonds. The molecule has 0 radical (unpaired) electrons. The molecular weight excluding hydrogens is 292 g/mol. The molecule has 0 aromatic carbocycles. The average Bonchev–Trinajstić information content (AvgIpc) is 3.25. The number of rotatable bonds is 5. The highest BCUT2D eigenvalue weighted by Gasteiger charge is 2.28. The van der Waals surface area contributed by atoms with E-state index < -0.39 is 0 Å². The second-order valence-electron chi connectivity index (χ2n) is 5.58. The zero-order valence-electron chi connectivity index (χ0n) is 11.9. The van der Waals surface area contributed by atoms with Crippen molar-refractivity contribution in [2.75, 3.05) is 18.8 Å². The van der Waals surface area contributed by atoms with Crippen molar-refractivity contribution in [1.29, 1.82) is 0 Å². The van der Waals surface area contributed by atoms with Gasteiger partial charge in [-0.1, -0.05) is 6.92 Å². The standard InChI is InChI=1S/C13H22N4OS2/c1-2-11-7-15(5-6-20-11)9-16-13(19)17(10-3-4-10)12(8-18)14-16/h10-11,18H,2-9H2,1H3. The normalized spacial score (nSPS) is 24.2. The lowest BCUT2D eigenvalue weighted by atomic mass is 10.3. The first-order valence-electron chi connectivity index (χ1n) is 7.36. The van der Waals surface area contributed by atoms with Gasteiger partial charge in [0.2, 0.25) is 0 Å². The van der Waals surface area contributed by atoms with Crippen LogP contribution in [-0.4, -0.2) is 48.4 Å². The summed E-state index contributed by atoms with van der Waals surface area (Å²) in [6.07, 6.45) is 3.53. The number of aromatic nitrogens is 3. The zero-order valence-corrected chi connectivity index (χ0v) is 13.5. The van der Waals surface area contributed by atoms with Crippen molar-refractivity contribution < 1.29 is 5.11 Å². The van der Waals surface area contributed by atoms with Gasteiger partial charge in [0.1, 0.15) is 6.61 Å². The maximum atomic E-state index is 9.46. The fourth-order valence-corrected chi connectivity index (χ4v) is 4.31. The number of aliphatic hydroxyl groups is 1. The number of thioether (sulfide) groups is 1. The molecule has 1 aliphatic heterocycles. The van der Waals surface area contributed by atoms with Crippen LogP contribution in [0.15, 0.2) is 0 Å². The molecule has 3 rings (SSSR count). The van der Waals surface area contributed by atoms with Crippen LogP contribution in [0.3, 0.4) is 0 Å². The third kappa shape index (κ3) is 2.95. The lowest BCUT2D eigenvalue weighted by Crippen LogP contribution is -2.39. The molecule has 1 aliphatic carbocycles. The zero-order chi connectivity index (χ0) is 14.1. The lowest BCUT2D eigenvalue weighted by molar-refractivity contribution is 0.209. The van der Waals surface area contributed by atoms with Crippen LogP contribution in [0.25, 0.3) is 0 Å². The van der Waals surface area contributed by atoms with Crippen molar-refractivity contribution in [2.45, 2.75) is 50.8 Å². The number of hydrogen-bond acceptors (Lipinski definition) is 5. The van der Waals surface area contributed by atoms with Crippen molar-refractivity contribution >= 4 is 24.0 Å². The molecule has 2 aliphatic rings.